The van der Waals surface area contributed by atoms with E-state index in [2.05, 4.69) is 4.98 Å². The van der Waals surface area contributed by atoms with Crippen LogP contribution < -0.4 is 16.4 Å². The van der Waals surface area contributed by atoms with E-state index in [1.54, 1.807) is 5.32 Å². The summed E-state index contributed by atoms with van der Waals surface area (Å²) in [5, 5.41) is 163. The Kier molecular flexibility index (Phi) is 8.12. The Balaban J connectivity index is 1.93. The van der Waals surface area contributed by atoms with Gasteiger partial charge in [-0.25, -0.2) is 4.98 Å². The summed E-state index contributed by atoms with van der Waals surface area (Å²) < 4.78 is 0. The second-order valence-electron chi connectivity index (χ2n) is 8.72. The molecule has 0 unspecified atom stereocenters. The molecule has 0 aliphatic rings. The van der Waals surface area contributed by atoms with Crippen molar-refractivity contribution < 1.29 is 86.5 Å². The fraction of sp³-hybridized carbons (Fsp3) is 0.238. The Hall–Kier alpha value is -4.94. The normalized spacial score (nSPS) is 12.4. The second kappa shape index (κ2) is 10.7. The molecule has 0 atom stereocenters. The molecule has 0 radical (unpaired) electrons. The average molecular weight is 637 g/mol. The van der Waals surface area contributed by atoms with Crippen molar-refractivity contribution in [3.8, 4) is 56.8 Å². The predicted octanol–water partition coefficient (Wildman–Crippen LogP) is -3.83. The minimum atomic E-state index is -4.29. The summed E-state index contributed by atoms with van der Waals surface area (Å²) in [5.74, 6) is -27.3. The van der Waals surface area contributed by atoms with Gasteiger partial charge in [-0.15, -0.1) is 0 Å². The lowest BCUT2D eigenvalue weighted by Gasteiger charge is -2.36. The summed E-state index contributed by atoms with van der Waals surface area (Å²) in [7, 11) is 0. The molecule has 0 saturated heterocycles. The number of benzene rings is 2. The van der Waals surface area contributed by atoms with Crippen LogP contribution in [0.5, 0.6) is 56.8 Å². The molecular formula is C21H24N4O17S. The zero-order chi connectivity index (χ0) is 33.0. The maximum absolute atomic E-state index is 12.5. The molecule has 20 N–H and O–H groups in total. The van der Waals surface area contributed by atoms with Crippen molar-refractivity contribution in [3.05, 3.63) is 16.8 Å². The van der Waals surface area contributed by atoms with Gasteiger partial charge in [-0.3, -0.25) is 10.1 Å². The van der Waals surface area contributed by atoms with Crippen LogP contribution in [0.1, 0.15) is 16.8 Å². The third-order valence-corrected chi connectivity index (χ3v) is 6.64. The topological polar surface area (TPSA) is 404 Å². The van der Waals surface area contributed by atoms with Gasteiger partial charge in [0.15, 0.2) is 45.3 Å². The quantitative estimate of drug-likeness (QED) is 0.0607. The average Bonchev–Trinajstić information content (AvgIpc) is 3.27. The zero-order valence-corrected chi connectivity index (χ0v) is 21.7. The van der Waals surface area contributed by atoms with E-state index in [4.69, 9.17) is 5.73 Å². The summed E-state index contributed by atoms with van der Waals surface area (Å²) >= 11 is 0.323. The van der Waals surface area contributed by atoms with Crippen LogP contribution in [0.3, 0.4) is 0 Å². The summed E-state index contributed by atoms with van der Waals surface area (Å²) in [6, 6.07) is 0. The molecule has 0 aliphatic heterocycles. The molecule has 1 heterocycles. The largest absolute Gasteiger partial charge is 0.504 e. The molecule has 3 aromatic rings. The number of rotatable bonds is 9. The van der Waals surface area contributed by atoms with E-state index in [9.17, 15) is 86.5 Å². The molecule has 3 rings (SSSR count). The van der Waals surface area contributed by atoms with Gasteiger partial charge in [0.25, 0.3) is 23.4 Å². The number of carbonyl (C=O) groups is 1. The molecule has 1 amide bonds. The first-order valence-electron chi connectivity index (χ1n) is 11.1. The van der Waals surface area contributed by atoms with Crippen LogP contribution in [0.2, 0.25) is 0 Å². The molecule has 0 bridgehead atoms. The number of aliphatic hydroxyl groups is 6. The van der Waals surface area contributed by atoms with Crippen molar-refractivity contribution in [2.75, 3.05) is 17.6 Å². The summed E-state index contributed by atoms with van der Waals surface area (Å²) in [6.45, 7) is -0.905. The minimum absolute atomic E-state index is 0.323. The fourth-order valence-electron chi connectivity index (χ4n) is 3.64. The standard InChI is InChI=1S/C21H24N4O17S/c22-18-25-15(16(35)43-18)19(37,38)17(36)24-5-10(30)8(28)4(9(29)11(5)31)20(39,40)21(41,42)23-2-1-3-6(26)12(32)14(34)13(33)7(3)27/h23,26-35,37-42H,1-2H2,(H2,22,25)(H,24,36). The zero-order valence-electron chi connectivity index (χ0n) is 20.9. The van der Waals surface area contributed by atoms with E-state index in [0.717, 1.165) is 0 Å². The summed E-state index contributed by atoms with van der Waals surface area (Å²) in [6.07, 6.45) is -0.762. The number of amides is 1. The first-order valence-corrected chi connectivity index (χ1v) is 11.9. The molecule has 43 heavy (non-hydrogen) atoms. The molecule has 0 aliphatic carbocycles. The lowest BCUT2D eigenvalue weighted by atomic mass is 9.97. The van der Waals surface area contributed by atoms with E-state index in [0.29, 0.717) is 11.3 Å². The lowest BCUT2D eigenvalue weighted by Crippen LogP contribution is -2.61. The minimum Gasteiger partial charge on any atom is -0.504 e. The van der Waals surface area contributed by atoms with E-state index in [1.807, 2.05) is 0 Å². The third kappa shape index (κ3) is 5.26. The predicted molar refractivity (Wildman–Crippen MR) is 136 cm³/mol. The molecule has 236 valence electrons. The Bertz CT molecular complexity index is 1550. The highest BCUT2D eigenvalue weighted by atomic mass is 32.1. The van der Waals surface area contributed by atoms with Gasteiger partial charge in [0.05, 0.1) is 0 Å². The third-order valence-electron chi connectivity index (χ3n) is 5.96. The van der Waals surface area contributed by atoms with Crippen molar-refractivity contribution in [1.29, 1.82) is 0 Å². The number of hydrogen-bond acceptors (Lipinski definition) is 21. The van der Waals surface area contributed by atoms with Crippen molar-refractivity contribution in [2.45, 2.75) is 23.9 Å². The highest BCUT2D eigenvalue weighted by Gasteiger charge is 2.54. The first kappa shape index (κ1) is 32.6. The van der Waals surface area contributed by atoms with Gasteiger partial charge in [-0.1, -0.05) is 11.3 Å². The molecule has 0 saturated carbocycles. The number of hydrogen-bond donors (Lipinski definition) is 19. The van der Waals surface area contributed by atoms with Crippen LogP contribution >= 0.6 is 11.3 Å². The maximum atomic E-state index is 12.5. The maximum Gasteiger partial charge on any atom is 0.294 e. The molecule has 0 fully saturated rings. The SMILES string of the molecule is Nc1nc(C(O)(O)C(=O)Nc2c(O)c(O)c(C(O)(O)C(O)(O)NCCc3c(O)c(O)c(O)c(O)c3O)c(O)c2O)c(O)s1. The molecule has 22 heteroatoms. The van der Waals surface area contributed by atoms with E-state index in [1.165, 1.54) is 5.32 Å². The van der Waals surface area contributed by atoms with Crippen LogP contribution in [0.15, 0.2) is 0 Å². The number of aromatic hydroxyl groups is 10. The number of carbonyl (C=O) groups excluding carboxylic acids is 1. The van der Waals surface area contributed by atoms with Crippen LogP contribution in [-0.4, -0.2) is 105 Å². The summed E-state index contributed by atoms with van der Waals surface area (Å²) in [5.41, 5.74) is 0.291. The number of aromatic nitrogens is 1. The fourth-order valence-corrected chi connectivity index (χ4v) is 4.26. The number of nitrogen functional groups attached to an aromatic ring is 1. The Morgan fingerprint density at radius 1 is 0.721 bits per heavy atom. The highest BCUT2D eigenvalue weighted by Crippen LogP contribution is 2.55. The lowest BCUT2D eigenvalue weighted by molar-refractivity contribution is -0.379. The summed E-state index contributed by atoms with van der Waals surface area (Å²) in [4.78, 5) is 15.8. The first-order chi connectivity index (χ1) is 19.6. The Morgan fingerprint density at radius 3 is 1.63 bits per heavy atom. The number of nitrogens with one attached hydrogen (secondary N) is 2. The van der Waals surface area contributed by atoms with E-state index < -0.39 is 121 Å². The molecule has 21 nitrogen and oxygen atoms in total. The van der Waals surface area contributed by atoms with E-state index >= 15 is 0 Å². The van der Waals surface area contributed by atoms with Crippen molar-refractivity contribution >= 4 is 28.1 Å². The van der Waals surface area contributed by atoms with Crippen molar-refractivity contribution in [1.82, 2.24) is 10.3 Å². The number of phenolic OH excluding ortho intramolecular Hbond substituents is 9. The van der Waals surface area contributed by atoms with Gasteiger partial charge in [0.2, 0.25) is 22.3 Å². The highest BCUT2D eigenvalue weighted by molar-refractivity contribution is 7.17. The van der Waals surface area contributed by atoms with Gasteiger partial charge < -0.3 is 92.8 Å². The van der Waals surface area contributed by atoms with Crippen LogP contribution in [0.25, 0.3) is 0 Å². The van der Waals surface area contributed by atoms with Gasteiger partial charge >= 0.3 is 0 Å². The van der Waals surface area contributed by atoms with Crippen LogP contribution in [0, 0.1) is 0 Å². The smallest absolute Gasteiger partial charge is 0.294 e. The molecule has 0 spiro atoms. The van der Waals surface area contributed by atoms with Gasteiger partial charge in [0.1, 0.15) is 11.3 Å². The van der Waals surface area contributed by atoms with Crippen LogP contribution in [-0.2, 0) is 22.8 Å². The van der Waals surface area contributed by atoms with Crippen LogP contribution in [0.4, 0.5) is 10.8 Å². The number of nitrogens with zero attached hydrogens (tertiary/aromatic N) is 1. The van der Waals surface area contributed by atoms with Crippen molar-refractivity contribution in [3.63, 3.8) is 0 Å². The molecule has 1 aromatic heterocycles. The number of thiazole rings is 1. The van der Waals surface area contributed by atoms with Crippen molar-refractivity contribution in [2.24, 2.45) is 0 Å². The van der Waals surface area contributed by atoms with Gasteiger partial charge in [-0.2, -0.15) is 0 Å². The number of phenols is 9. The number of anilines is 2. The Labute approximate surface area is 240 Å². The van der Waals surface area contributed by atoms with E-state index in [-0.39, 0.29) is 0 Å². The molecular weight excluding hydrogens is 612 g/mol. The van der Waals surface area contributed by atoms with Gasteiger partial charge in [-0.05, 0) is 6.42 Å². The molecule has 2 aromatic carbocycles. The van der Waals surface area contributed by atoms with Gasteiger partial charge in [0, 0.05) is 12.1 Å². The monoisotopic (exact) mass is 636 g/mol. The second-order valence-corrected chi connectivity index (χ2v) is 9.73. The number of nitrogens with two attached hydrogens (primary N) is 1. The Morgan fingerprint density at radius 2 is 1.19 bits per heavy atom.